The van der Waals surface area contributed by atoms with Crippen molar-refractivity contribution in [3.05, 3.63) is 120 Å². The van der Waals surface area contributed by atoms with Gasteiger partial charge in [-0.15, -0.1) is 0 Å². The molecule has 2 saturated heterocycles. The molecule has 0 aromatic heterocycles. The number of hydrogen-bond acceptors (Lipinski definition) is 5. The zero-order valence-electron chi connectivity index (χ0n) is 18.4. The third-order valence-electron chi connectivity index (χ3n) is 5.93. The first kappa shape index (κ1) is 21.9. The highest BCUT2D eigenvalue weighted by molar-refractivity contribution is 5.18. The van der Waals surface area contributed by atoms with Gasteiger partial charge in [0.25, 0.3) is 0 Å². The summed E-state index contributed by atoms with van der Waals surface area (Å²) >= 11 is 0. The quantitative estimate of drug-likeness (QED) is 0.502. The normalized spacial score (nSPS) is 26.9. The van der Waals surface area contributed by atoms with Crippen molar-refractivity contribution in [2.24, 2.45) is 0 Å². The fourth-order valence-corrected chi connectivity index (χ4v) is 4.24. The van der Waals surface area contributed by atoms with Gasteiger partial charge in [0, 0.05) is 5.56 Å². The summed E-state index contributed by atoms with van der Waals surface area (Å²) in [7, 11) is 0. The first-order valence-corrected chi connectivity index (χ1v) is 11.3. The second-order valence-electron chi connectivity index (χ2n) is 8.28. The standard InChI is InChI=1S/C28H28O5/c1-20-25(29-17-21-11-5-2-6-12-21)27(30-18-22-13-7-3-8-14-22)26-24(32-20)19-31-28(33-26)23-15-9-4-10-16-23/h2-16,24-28H,1,17-19H2/t24-,25+,26-,27-,28?/m1/s1. The molecule has 3 aromatic rings. The molecule has 0 bridgehead atoms. The van der Waals surface area contributed by atoms with Crippen molar-refractivity contribution >= 4 is 0 Å². The van der Waals surface area contributed by atoms with E-state index in [-0.39, 0.29) is 12.2 Å². The minimum atomic E-state index is -0.486. The summed E-state index contributed by atoms with van der Waals surface area (Å²) in [6.07, 6.45) is -2.02. The Kier molecular flexibility index (Phi) is 6.84. The van der Waals surface area contributed by atoms with E-state index < -0.39 is 18.5 Å². The average Bonchev–Trinajstić information content (AvgIpc) is 2.88. The van der Waals surface area contributed by atoms with Crippen LogP contribution in [0.1, 0.15) is 23.0 Å². The Hall–Kier alpha value is -2.96. The van der Waals surface area contributed by atoms with Crippen LogP contribution in [-0.4, -0.2) is 31.0 Å². The van der Waals surface area contributed by atoms with Gasteiger partial charge >= 0.3 is 0 Å². The third-order valence-corrected chi connectivity index (χ3v) is 5.93. The van der Waals surface area contributed by atoms with E-state index in [1.165, 1.54) is 0 Å². The van der Waals surface area contributed by atoms with Crippen LogP contribution in [0.2, 0.25) is 0 Å². The van der Waals surface area contributed by atoms with Crippen molar-refractivity contribution in [3.8, 4) is 0 Å². The molecule has 0 aliphatic carbocycles. The lowest BCUT2D eigenvalue weighted by molar-refractivity contribution is -0.311. The lowest BCUT2D eigenvalue weighted by atomic mass is 9.96. The monoisotopic (exact) mass is 444 g/mol. The molecule has 1 unspecified atom stereocenters. The van der Waals surface area contributed by atoms with Gasteiger partial charge in [0.15, 0.2) is 12.4 Å². The molecule has 2 aliphatic heterocycles. The van der Waals surface area contributed by atoms with Crippen LogP contribution in [0, 0.1) is 0 Å². The molecular formula is C28H28O5. The van der Waals surface area contributed by atoms with Gasteiger partial charge in [0.05, 0.1) is 19.8 Å². The predicted octanol–water partition coefficient (Wildman–Crippen LogP) is 5.18. The van der Waals surface area contributed by atoms with Gasteiger partial charge in [-0.1, -0.05) is 97.6 Å². The van der Waals surface area contributed by atoms with Crippen LogP contribution in [0.15, 0.2) is 103 Å². The predicted molar refractivity (Wildman–Crippen MR) is 124 cm³/mol. The Morgan fingerprint density at radius 2 is 1.33 bits per heavy atom. The Morgan fingerprint density at radius 3 is 1.97 bits per heavy atom. The fraction of sp³-hybridized carbons (Fsp3) is 0.286. The largest absolute Gasteiger partial charge is 0.487 e. The second kappa shape index (κ2) is 10.3. The smallest absolute Gasteiger partial charge is 0.184 e. The van der Waals surface area contributed by atoms with Crippen LogP contribution >= 0.6 is 0 Å². The highest BCUT2D eigenvalue weighted by Gasteiger charge is 2.49. The number of ether oxygens (including phenoxy) is 5. The number of benzene rings is 3. The van der Waals surface area contributed by atoms with Gasteiger partial charge in [-0.2, -0.15) is 0 Å². The molecule has 0 saturated carbocycles. The van der Waals surface area contributed by atoms with Gasteiger partial charge in [-0.05, 0) is 11.1 Å². The minimum absolute atomic E-state index is 0.310. The molecule has 3 aromatic carbocycles. The van der Waals surface area contributed by atoms with Crippen molar-refractivity contribution < 1.29 is 23.7 Å². The summed E-state index contributed by atoms with van der Waals surface area (Å²) in [4.78, 5) is 0. The van der Waals surface area contributed by atoms with E-state index in [1.807, 2.05) is 91.0 Å². The molecular weight excluding hydrogens is 416 g/mol. The first-order valence-electron chi connectivity index (χ1n) is 11.3. The molecule has 170 valence electrons. The summed E-state index contributed by atoms with van der Waals surface area (Å²) in [6, 6.07) is 30.1. The van der Waals surface area contributed by atoms with E-state index in [0.29, 0.717) is 25.6 Å². The maximum absolute atomic E-state index is 6.45. The van der Waals surface area contributed by atoms with Crippen LogP contribution in [0.25, 0.3) is 0 Å². The molecule has 33 heavy (non-hydrogen) atoms. The second-order valence-corrected chi connectivity index (χ2v) is 8.28. The number of rotatable bonds is 7. The van der Waals surface area contributed by atoms with E-state index in [0.717, 1.165) is 16.7 Å². The van der Waals surface area contributed by atoms with Crippen LogP contribution in [0.5, 0.6) is 0 Å². The molecule has 2 aliphatic rings. The zero-order valence-corrected chi connectivity index (χ0v) is 18.4. The molecule has 0 N–H and O–H groups in total. The Bertz CT molecular complexity index is 1020. The maximum Gasteiger partial charge on any atom is 0.184 e. The van der Waals surface area contributed by atoms with Crippen molar-refractivity contribution in [1.29, 1.82) is 0 Å². The molecule has 5 atom stereocenters. The molecule has 0 spiro atoms. The van der Waals surface area contributed by atoms with Crippen LogP contribution < -0.4 is 0 Å². The van der Waals surface area contributed by atoms with Gasteiger partial charge < -0.3 is 23.7 Å². The van der Waals surface area contributed by atoms with Gasteiger partial charge in [0.2, 0.25) is 0 Å². The van der Waals surface area contributed by atoms with Crippen molar-refractivity contribution in [3.63, 3.8) is 0 Å². The number of hydrogen-bond donors (Lipinski definition) is 0. The van der Waals surface area contributed by atoms with Crippen LogP contribution in [0.3, 0.4) is 0 Å². The summed E-state index contributed by atoms with van der Waals surface area (Å²) < 4.78 is 31.2. The molecule has 5 rings (SSSR count). The summed E-state index contributed by atoms with van der Waals surface area (Å²) in [6.45, 7) is 5.40. The lowest BCUT2D eigenvalue weighted by Gasteiger charge is -2.47. The molecule has 2 fully saturated rings. The van der Waals surface area contributed by atoms with Gasteiger partial charge in [0.1, 0.15) is 24.1 Å². The molecule has 2 heterocycles. The summed E-state index contributed by atoms with van der Waals surface area (Å²) in [5, 5.41) is 0. The third kappa shape index (κ3) is 5.18. The molecule has 0 amide bonds. The Morgan fingerprint density at radius 1 is 0.758 bits per heavy atom. The zero-order chi connectivity index (χ0) is 22.5. The van der Waals surface area contributed by atoms with E-state index in [4.69, 9.17) is 23.7 Å². The van der Waals surface area contributed by atoms with E-state index in [9.17, 15) is 0 Å². The van der Waals surface area contributed by atoms with Crippen LogP contribution in [0.4, 0.5) is 0 Å². The Balaban J connectivity index is 1.37. The fourth-order valence-electron chi connectivity index (χ4n) is 4.24. The SMILES string of the molecule is C=C1O[C@@H]2COC(c3ccccc3)O[C@H]2[C@H](OCc2ccccc2)[C@H]1OCc1ccccc1. The van der Waals surface area contributed by atoms with E-state index in [1.54, 1.807) is 0 Å². The molecule has 5 heteroatoms. The van der Waals surface area contributed by atoms with Gasteiger partial charge in [-0.3, -0.25) is 0 Å². The first-order chi connectivity index (χ1) is 16.3. The van der Waals surface area contributed by atoms with Crippen molar-refractivity contribution in [2.45, 2.75) is 43.9 Å². The summed E-state index contributed by atoms with van der Waals surface area (Å²) in [5.41, 5.74) is 3.12. The maximum atomic E-state index is 6.45. The minimum Gasteiger partial charge on any atom is -0.487 e. The molecule has 5 nitrogen and oxygen atoms in total. The molecule has 0 radical (unpaired) electrons. The lowest BCUT2D eigenvalue weighted by Crippen LogP contribution is -2.58. The highest BCUT2D eigenvalue weighted by Crippen LogP contribution is 2.37. The van der Waals surface area contributed by atoms with Crippen molar-refractivity contribution in [1.82, 2.24) is 0 Å². The topological polar surface area (TPSA) is 46.2 Å². The average molecular weight is 445 g/mol. The summed E-state index contributed by atoms with van der Waals surface area (Å²) in [5.74, 6) is 0.538. The van der Waals surface area contributed by atoms with Crippen molar-refractivity contribution in [2.75, 3.05) is 6.61 Å². The van der Waals surface area contributed by atoms with E-state index >= 15 is 0 Å². The number of fused-ring (bicyclic) bond motifs is 1. The van der Waals surface area contributed by atoms with Gasteiger partial charge in [-0.25, -0.2) is 0 Å². The highest BCUT2D eigenvalue weighted by atomic mass is 16.7. The van der Waals surface area contributed by atoms with E-state index in [2.05, 4.69) is 6.58 Å². The van der Waals surface area contributed by atoms with Crippen LogP contribution in [-0.2, 0) is 36.9 Å². The Labute approximate surface area is 194 Å².